The number of hydrogen-bond donors (Lipinski definition) is 1. The molecule has 15 heavy (non-hydrogen) atoms. The molecule has 0 bridgehead atoms. The summed E-state index contributed by atoms with van der Waals surface area (Å²) in [5.74, 6) is 1.02. The minimum atomic E-state index is -0.0197. The van der Waals surface area contributed by atoms with Gasteiger partial charge in [0.15, 0.2) is 6.04 Å². The Bertz CT molecular complexity index is 467. The SMILES string of the molecule is C[C@@H]([NH3+])c1nc(-c2ccccc2Cl)no1. The normalized spacial score (nSPS) is 12.7. The van der Waals surface area contributed by atoms with Crippen molar-refractivity contribution in [2.45, 2.75) is 13.0 Å². The van der Waals surface area contributed by atoms with Gasteiger partial charge < -0.3 is 10.3 Å². The predicted molar refractivity (Wildman–Crippen MR) is 56.0 cm³/mol. The van der Waals surface area contributed by atoms with E-state index in [-0.39, 0.29) is 6.04 Å². The Morgan fingerprint density at radius 3 is 2.73 bits per heavy atom. The van der Waals surface area contributed by atoms with Crippen molar-refractivity contribution in [3.05, 3.63) is 35.2 Å². The number of aromatic nitrogens is 2. The minimum absolute atomic E-state index is 0.0197. The average molecular weight is 225 g/mol. The summed E-state index contributed by atoms with van der Waals surface area (Å²) in [5, 5.41) is 4.47. The van der Waals surface area contributed by atoms with Gasteiger partial charge >= 0.3 is 0 Å². The molecule has 0 amide bonds. The van der Waals surface area contributed by atoms with E-state index in [9.17, 15) is 0 Å². The van der Waals surface area contributed by atoms with Crippen LogP contribution in [-0.2, 0) is 0 Å². The molecule has 0 fully saturated rings. The van der Waals surface area contributed by atoms with E-state index < -0.39 is 0 Å². The fourth-order valence-electron chi connectivity index (χ4n) is 1.19. The standard InChI is InChI=1S/C10H10ClN3O/c1-6(12)10-13-9(14-15-10)7-4-2-3-5-8(7)11/h2-6H,12H2,1H3/p+1/t6-/m1/s1. The lowest BCUT2D eigenvalue weighted by Gasteiger charge is -1.96. The molecular weight excluding hydrogens is 214 g/mol. The third-order valence-corrected chi connectivity index (χ3v) is 2.31. The number of hydrogen-bond acceptors (Lipinski definition) is 3. The maximum absolute atomic E-state index is 6.01. The molecule has 3 N–H and O–H groups in total. The fraction of sp³-hybridized carbons (Fsp3) is 0.200. The van der Waals surface area contributed by atoms with Gasteiger partial charge in [-0.3, -0.25) is 0 Å². The summed E-state index contributed by atoms with van der Waals surface area (Å²) in [5.41, 5.74) is 4.58. The lowest BCUT2D eigenvalue weighted by atomic mass is 10.2. The first-order chi connectivity index (χ1) is 7.18. The lowest BCUT2D eigenvalue weighted by Crippen LogP contribution is -2.51. The first kappa shape index (κ1) is 10.1. The molecule has 0 spiro atoms. The molecule has 0 radical (unpaired) electrons. The number of nitrogens with zero attached hydrogens (tertiary/aromatic N) is 2. The van der Waals surface area contributed by atoms with Crippen LogP contribution in [0.5, 0.6) is 0 Å². The zero-order valence-corrected chi connectivity index (χ0v) is 9.03. The Morgan fingerprint density at radius 2 is 2.13 bits per heavy atom. The first-order valence-corrected chi connectivity index (χ1v) is 4.98. The Labute approximate surface area is 92.0 Å². The van der Waals surface area contributed by atoms with Gasteiger partial charge in [0.25, 0.3) is 5.89 Å². The molecule has 0 unspecified atom stereocenters. The van der Waals surface area contributed by atoms with Crippen LogP contribution in [0.1, 0.15) is 18.9 Å². The molecule has 1 heterocycles. The predicted octanol–water partition coefficient (Wildman–Crippen LogP) is 1.69. The van der Waals surface area contributed by atoms with E-state index in [2.05, 4.69) is 15.9 Å². The van der Waals surface area contributed by atoms with Crippen molar-refractivity contribution in [3.8, 4) is 11.4 Å². The number of halogens is 1. The summed E-state index contributed by atoms with van der Waals surface area (Å²) < 4.78 is 5.05. The van der Waals surface area contributed by atoms with E-state index in [0.29, 0.717) is 16.7 Å². The second kappa shape index (κ2) is 4.00. The summed E-state index contributed by atoms with van der Waals surface area (Å²) in [6.45, 7) is 1.89. The van der Waals surface area contributed by atoms with Crippen LogP contribution in [0, 0.1) is 0 Å². The Morgan fingerprint density at radius 1 is 1.40 bits per heavy atom. The van der Waals surface area contributed by atoms with E-state index in [4.69, 9.17) is 16.1 Å². The van der Waals surface area contributed by atoms with Crippen molar-refractivity contribution in [3.63, 3.8) is 0 Å². The van der Waals surface area contributed by atoms with Crippen LogP contribution < -0.4 is 5.73 Å². The van der Waals surface area contributed by atoms with Crippen LogP contribution in [-0.4, -0.2) is 10.1 Å². The van der Waals surface area contributed by atoms with Crippen LogP contribution in [0.3, 0.4) is 0 Å². The van der Waals surface area contributed by atoms with E-state index in [1.165, 1.54) is 0 Å². The molecule has 0 saturated carbocycles. The molecule has 78 valence electrons. The zero-order chi connectivity index (χ0) is 10.8. The largest absolute Gasteiger partial charge is 0.348 e. The monoisotopic (exact) mass is 224 g/mol. The Kier molecular flexibility index (Phi) is 2.70. The highest BCUT2D eigenvalue weighted by Crippen LogP contribution is 2.25. The number of rotatable bonds is 2. The van der Waals surface area contributed by atoms with Crippen LogP contribution in [0.2, 0.25) is 5.02 Å². The van der Waals surface area contributed by atoms with Gasteiger partial charge in [-0.2, -0.15) is 4.98 Å². The Hall–Kier alpha value is -1.39. The quantitative estimate of drug-likeness (QED) is 0.844. The molecule has 5 heteroatoms. The molecule has 1 aromatic carbocycles. The molecule has 0 aliphatic rings. The van der Waals surface area contributed by atoms with Crippen LogP contribution >= 0.6 is 11.6 Å². The van der Waals surface area contributed by atoms with Gasteiger partial charge in [-0.05, 0) is 19.1 Å². The van der Waals surface area contributed by atoms with E-state index in [1.807, 2.05) is 25.1 Å². The average Bonchev–Trinajstić information content (AvgIpc) is 2.67. The van der Waals surface area contributed by atoms with Crippen LogP contribution in [0.15, 0.2) is 28.8 Å². The number of benzene rings is 1. The summed E-state index contributed by atoms with van der Waals surface area (Å²) in [7, 11) is 0. The van der Waals surface area contributed by atoms with Crippen molar-refractivity contribution in [1.29, 1.82) is 0 Å². The highest BCUT2D eigenvalue weighted by molar-refractivity contribution is 6.33. The summed E-state index contributed by atoms with van der Waals surface area (Å²) >= 11 is 6.01. The summed E-state index contributed by atoms with van der Waals surface area (Å²) in [6.07, 6.45) is 0. The van der Waals surface area contributed by atoms with Gasteiger partial charge in [-0.1, -0.05) is 28.9 Å². The van der Waals surface area contributed by atoms with Gasteiger partial charge in [0.05, 0.1) is 5.02 Å². The molecule has 0 aliphatic heterocycles. The second-order valence-electron chi connectivity index (χ2n) is 3.34. The first-order valence-electron chi connectivity index (χ1n) is 4.60. The highest BCUT2D eigenvalue weighted by atomic mass is 35.5. The van der Waals surface area contributed by atoms with Crippen LogP contribution in [0.4, 0.5) is 0 Å². The smallest absolute Gasteiger partial charge is 0.284 e. The maximum atomic E-state index is 6.01. The molecular formula is C10H11ClN3O+. The van der Waals surface area contributed by atoms with Crippen molar-refractivity contribution in [1.82, 2.24) is 10.1 Å². The zero-order valence-electron chi connectivity index (χ0n) is 8.27. The molecule has 1 atom stereocenters. The molecule has 1 aromatic heterocycles. The van der Waals surface area contributed by atoms with E-state index in [1.54, 1.807) is 6.07 Å². The van der Waals surface area contributed by atoms with Gasteiger partial charge in [0, 0.05) is 5.56 Å². The van der Waals surface area contributed by atoms with Gasteiger partial charge in [-0.25, -0.2) is 0 Å². The van der Waals surface area contributed by atoms with E-state index >= 15 is 0 Å². The molecule has 4 nitrogen and oxygen atoms in total. The van der Waals surface area contributed by atoms with Crippen molar-refractivity contribution in [2.24, 2.45) is 0 Å². The lowest BCUT2D eigenvalue weighted by molar-refractivity contribution is -0.425. The molecule has 0 saturated heterocycles. The van der Waals surface area contributed by atoms with Gasteiger partial charge in [0.2, 0.25) is 5.82 Å². The molecule has 2 aromatic rings. The summed E-state index contributed by atoms with van der Waals surface area (Å²) in [4.78, 5) is 4.22. The molecule has 0 aliphatic carbocycles. The van der Waals surface area contributed by atoms with Gasteiger partial charge in [0.1, 0.15) is 0 Å². The van der Waals surface area contributed by atoms with Crippen LogP contribution in [0.25, 0.3) is 11.4 Å². The Balaban J connectivity index is 2.42. The summed E-state index contributed by atoms with van der Waals surface area (Å²) in [6, 6.07) is 7.36. The fourth-order valence-corrected chi connectivity index (χ4v) is 1.41. The van der Waals surface area contributed by atoms with Crippen molar-refractivity contribution in [2.75, 3.05) is 0 Å². The van der Waals surface area contributed by atoms with Crippen molar-refractivity contribution >= 4 is 11.6 Å². The maximum Gasteiger partial charge on any atom is 0.284 e. The topological polar surface area (TPSA) is 66.6 Å². The third-order valence-electron chi connectivity index (χ3n) is 1.98. The van der Waals surface area contributed by atoms with Gasteiger partial charge in [-0.15, -0.1) is 0 Å². The minimum Gasteiger partial charge on any atom is -0.348 e. The molecule has 2 rings (SSSR count). The highest BCUT2D eigenvalue weighted by Gasteiger charge is 2.15. The second-order valence-corrected chi connectivity index (χ2v) is 3.74. The number of quaternary nitrogens is 1. The van der Waals surface area contributed by atoms with Crippen molar-refractivity contribution < 1.29 is 10.3 Å². The van der Waals surface area contributed by atoms with E-state index in [0.717, 1.165) is 5.56 Å². The third kappa shape index (κ3) is 2.00.